The zero-order valence-electron chi connectivity index (χ0n) is 11.6. The summed E-state index contributed by atoms with van der Waals surface area (Å²) in [6.45, 7) is 2.60. The summed E-state index contributed by atoms with van der Waals surface area (Å²) in [5, 5.41) is 3.30. The van der Waals surface area contributed by atoms with Crippen LogP contribution in [0.2, 0.25) is 0 Å². The van der Waals surface area contributed by atoms with Crippen LogP contribution in [0.3, 0.4) is 0 Å². The first-order chi connectivity index (χ1) is 9.72. The maximum Gasteiger partial charge on any atom is 0.223 e. The Morgan fingerprint density at radius 1 is 1.25 bits per heavy atom. The van der Waals surface area contributed by atoms with Crippen LogP contribution in [0.25, 0.3) is 0 Å². The van der Waals surface area contributed by atoms with Gasteiger partial charge in [0, 0.05) is 19.0 Å². The second kappa shape index (κ2) is 5.92. The van der Waals surface area contributed by atoms with Gasteiger partial charge < -0.3 is 10.2 Å². The molecule has 1 saturated carbocycles. The van der Waals surface area contributed by atoms with Crippen LogP contribution in [0, 0.1) is 11.7 Å². The second-order valence-corrected chi connectivity index (χ2v) is 5.94. The largest absolute Gasteiger partial charge is 0.335 e. The summed E-state index contributed by atoms with van der Waals surface area (Å²) in [7, 11) is 0. The third kappa shape index (κ3) is 3.37. The first-order valence-electron chi connectivity index (χ1n) is 7.47. The monoisotopic (exact) mass is 276 g/mol. The van der Waals surface area contributed by atoms with E-state index in [0.29, 0.717) is 24.9 Å². The van der Waals surface area contributed by atoms with Crippen LogP contribution in [0.5, 0.6) is 0 Å². The molecule has 0 radical (unpaired) electrons. The van der Waals surface area contributed by atoms with Gasteiger partial charge in [-0.3, -0.25) is 4.79 Å². The van der Waals surface area contributed by atoms with Crippen molar-refractivity contribution in [2.24, 2.45) is 5.92 Å². The Labute approximate surface area is 119 Å². The van der Waals surface area contributed by atoms with E-state index in [0.717, 1.165) is 37.9 Å². The summed E-state index contributed by atoms with van der Waals surface area (Å²) in [5.74, 6) is 0.512. The van der Waals surface area contributed by atoms with E-state index in [1.165, 1.54) is 12.1 Å². The molecule has 1 aliphatic heterocycles. The molecule has 1 heterocycles. The molecule has 4 heteroatoms. The lowest BCUT2D eigenvalue weighted by atomic mass is 10.0. The first kappa shape index (κ1) is 13.6. The zero-order valence-corrected chi connectivity index (χ0v) is 11.6. The molecule has 1 aromatic rings. The van der Waals surface area contributed by atoms with E-state index in [2.05, 4.69) is 5.32 Å². The minimum absolute atomic E-state index is 0.227. The average molecular weight is 276 g/mol. The van der Waals surface area contributed by atoms with Gasteiger partial charge in [-0.25, -0.2) is 4.39 Å². The van der Waals surface area contributed by atoms with Gasteiger partial charge in [-0.15, -0.1) is 0 Å². The smallest absolute Gasteiger partial charge is 0.223 e. The van der Waals surface area contributed by atoms with Gasteiger partial charge >= 0.3 is 0 Å². The van der Waals surface area contributed by atoms with Gasteiger partial charge in [-0.2, -0.15) is 0 Å². The van der Waals surface area contributed by atoms with Crippen LogP contribution in [0.15, 0.2) is 24.3 Å². The van der Waals surface area contributed by atoms with Gasteiger partial charge in [-0.1, -0.05) is 12.1 Å². The molecule has 1 atom stereocenters. The summed E-state index contributed by atoms with van der Waals surface area (Å²) in [5.41, 5.74) is 1.01. The molecule has 20 heavy (non-hydrogen) atoms. The molecule has 1 unspecified atom stereocenters. The molecule has 2 fully saturated rings. The topological polar surface area (TPSA) is 32.3 Å². The Balaban J connectivity index is 1.62. The molecule has 1 saturated heterocycles. The van der Waals surface area contributed by atoms with Crippen molar-refractivity contribution in [1.82, 2.24) is 10.2 Å². The van der Waals surface area contributed by atoms with Crippen molar-refractivity contribution < 1.29 is 9.18 Å². The summed E-state index contributed by atoms with van der Waals surface area (Å²) in [4.78, 5) is 14.5. The number of rotatable bonds is 5. The van der Waals surface area contributed by atoms with Crippen molar-refractivity contribution in [3.63, 3.8) is 0 Å². The van der Waals surface area contributed by atoms with Gasteiger partial charge in [-0.05, 0) is 56.0 Å². The Kier molecular flexibility index (Phi) is 4.01. The van der Waals surface area contributed by atoms with E-state index in [1.54, 1.807) is 12.1 Å². The predicted octanol–water partition coefficient (Wildman–Crippen LogP) is 2.32. The molecule has 3 nitrogen and oxygen atoms in total. The third-order valence-electron chi connectivity index (χ3n) is 4.20. The number of benzene rings is 1. The van der Waals surface area contributed by atoms with Crippen LogP contribution >= 0.6 is 0 Å². The Hall–Kier alpha value is -1.42. The lowest BCUT2D eigenvalue weighted by molar-refractivity contribution is -0.133. The third-order valence-corrected chi connectivity index (χ3v) is 4.20. The SMILES string of the molecule is O=C(CC1CCNC1)N(Cc1ccc(F)cc1)C1CC1. The Morgan fingerprint density at radius 2 is 2.00 bits per heavy atom. The van der Waals surface area contributed by atoms with E-state index in [9.17, 15) is 9.18 Å². The highest BCUT2D eigenvalue weighted by Gasteiger charge is 2.33. The molecule has 1 amide bonds. The lowest BCUT2D eigenvalue weighted by Gasteiger charge is -2.24. The number of carbonyl (C=O) groups excluding carboxylic acids is 1. The number of nitrogens with one attached hydrogen (secondary N) is 1. The highest BCUT2D eigenvalue weighted by Crippen LogP contribution is 2.30. The fourth-order valence-electron chi connectivity index (χ4n) is 2.85. The van der Waals surface area contributed by atoms with Gasteiger partial charge in [0.05, 0.1) is 0 Å². The van der Waals surface area contributed by atoms with Gasteiger partial charge in [0.15, 0.2) is 0 Å². The van der Waals surface area contributed by atoms with Crippen LogP contribution < -0.4 is 5.32 Å². The Morgan fingerprint density at radius 3 is 2.60 bits per heavy atom. The average Bonchev–Trinajstić information content (AvgIpc) is 3.15. The number of carbonyl (C=O) groups is 1. The molecule has 3 rings (SSSR count). The molecule has 1 aliphatic carbocycles. The highest BCUT2D eigenvalue weighted by molar-refractivity contribution is 5.77. The molecule has 1 aromatic carbocycles. The number of halogens is 1. The minimum atomic E-state index is -0.227. The van der Waals surface area contributed by atoms with Crippen molar-refractivity contribution in [3.05, 3.63) is 35.6 Å². The molecule has 108 valence electrons. The fourth-order valence-corrected chi connectivity index (χ4v) is 2.85. The fraction of sp³-hybridized carbons (Fsp3) is 0.562. The number of nitrogens with zero attached hydrogens (tertiary/aromatic N) is 1. The molecule has 0 spiro atoms. The number of amides is 1. The second-order valence-electron chi connectivity index (χ2n) is 5.94. The summed E-state index contributed by atoms with van der Waals surface area (Å²) in [6.07, 6.45) is 3.96. The Bertz CT molecular complexity index is 464. The van der Waals surface area contributed by atoms with Crippen molar-refractivity contribution in [3.8, 4) is 0 Å². The maximum atomic E-state index is 12.9. The van der Waals surface area contributed by atoms with Crippen LogP contribution in [0.1, 0.15) is 31.2 Å². The molecular formula is C16H21FN2O. The summed E-state index contributed by atoms with van der Waals surface area (Å²) < 4.78 is 12.9. The summed E-state index contributed by atoms with van der Waals surface area (Å²) >= 11 is 0. The minimum Gasteiger partial charge on any atom is -0.335 e. The van der Waals surface area contributed by atoms with Crippen LogP contribution in [-0.2, 0) is 11.3 Å². The van der Waals surface area contributed by atoms with Crippen LogP contribution in [-0.4, -0.2) is 29.9 Å². The van der Waals surface area contributed by atoms with E-state index in [1.807, 2.05) is 4.90 Å². The van der Waals surface area contributed by atoms with Crippen molar-refractivity contribution in [2.75, 3.05) is 13.1 Å². The molecule has 2 aliphatic rings. The van der Waals surface area contributed by atoms with Crippen molar-refractivity contribution >= 4 is 5.91 Å². The molecule has 0 bridgehead atoms. The standard InChI is InChI=1S/C16H21FN2O/c17-14-3-1-12(2-4-14)11-19(15-5-6-15)16(20)9-13-7-8-18-10-13/h1-4,13,15,18H,5-11H2. The molecule has 1 N–H and O–H groups in total. The van der Waals surface area contributed by atoms with E-state index < -0.39 is 0 Å². The van der Waals surface area contributed by atoms with Gasteiger partial charge in [0.25, 0.3) is 0 Å². The maximum absolute atomic E-state index is 12.9. The van der Waals surface area contributed by atoms with E-state index in [4.69, 9.17) is 0 Å². The van der Waals surface area contributed by atoms with Crippen molar-refractivity contribution in [2.45, 2.75) is 38.3 Å². The lowest BCUT2D eigenvalue weighted by Crippen LogP contribution is -2.34. The molecular weight excluding hydrogens is 255 g/mol. The van der Waals surface area contributed by atoms with Gasteiger partial charge in [0.1, 0.15) is 5.82 Å². The van der Waals surface area contributed by atoms with E-state index in [-0.39, 0.29) is 11.7 Å². The predicted molar refractivity (Wildman–Crippen MR) is 75.6 cm³/mol. The number of hydrogen-bond donors (Lipinski definition) is 1. The quantitative estimate of drug-likeness (QED) is 0.895. The zero-order chi connectivity index (χ0) is 13.9. The van der Waals surface area contributed by atoms with E-state index >= 15 is 0 Å². The van der Waals surface area contributed by atoms with Crippen LogP contribution in [0.4, 0.5) is 4.39 Å². The summed E-state index contributed by atoms with van der Waals surface area (Å²) in [6, 6.07) is 6.88. The molecule has 0 aromatic heterocycles. The number of hydrogen-bond acceptors (Lipinski definition) is 2. The highest BCUT2D eigenvalue weighted by atomic mass is 19.1. The normalized spacial score (nSPS) is 21.9. The van der Waals surface area contributed by atoms with Crippen molar-refractivity contribution in [1.29, 1.82) is 0 Å². The van der Waals surface area contributed by atoms with Gasteiger partial charge in [0.2, 0.25) is 5.91 Å². The first-order valence-corrected chi connectivity index (χ1v) is 7.47.